The van der Waals surface area contributed by atoms with E-state index in [1.54, 1.807) is 24.6 Å². The summed E-state index contributed by atoms with van der Waals surface area (Å²) in [6, 6.07) is 7.71. The first kappa shape index (κ1) is 12.0. The number of pyridine rings is 1. The average molecular weight is 249 g/mol. The van der Waals surface area contributed by atoms with Gasteiger partial charge in [0.1, 0.15) is 17.5 Å². The lowest BCUT2D eigenvalue weighted by molar-refractivity contribution is 0.401. The van der Waals surface area contributed by atoms with Crippen LogP contribution in [0.2, 0.25) is 0 Å². The van der Waals surface area contributed by atoms with Gasteiger partial charge in [-0.3, -0.25) is 10.8 Å². The van der Waals surface area contributed by atoms with E-state index < -0.39 is 0 Å². The van der Waals surface area contributed by atoms with Gasteiger partial charge in [-0.2, -0.15) is 0 Å². The minimum absolute atomic E-state index is 0.134. The van der Waals surface area contributed by atoms with Crippen LogP contribution in [0.1, 0.15) is 21.5 Å². The molecule has 5 heteroatoms. The summed E-state index contributed by atoms with van der Waals surface area (Å²) in [5.74, 6) is 6.37. The number of aryl methyl sites for hydroxylation is 1. The maximum Gasteiger partial charge on any atom is 0.142 e. The van der Waals surface area contributed by atoms with E-state index >= 15 is 0 Å². The van der Waals surface area contributed by atoms with Crippen molar-refractivity contribution in [3.63, 3.8) is 0 Å². The summed E-state index contributed by atoms with van der Waals surface area (Å²) in [5, 5.41) is 0. The van der Waals surface area contributed by atoms with Gasteiger partial charge in [0.2, 0.25) is 0 Å². The summed E-state index contributed by atoms with van der Waals surface area (Å²) in [7, 11) is 1.63. The molecule has 0 saturated heterocycles. The fraction of sp³-hybridized carbons (Fsp3) is 0.250. The normalized spacial score (nSPS) is 12.4. The predicted octanol–water partition coefficient (Wildman–Crippen LogP) is 2.01. The number of aromatic nitrogens is 1. The van der Waals surface area contributed by atoms with E-state index in [1.807, 2.05) is 12.1 Å². The van der Waals surface area contributed by atoms with Gasteiger partial charge in [0.15, 0.2) is 0 Å². The Labute approximate surface area is 104 Å². The molecule has 0 aromatic carbocycles. The van der Waals surface area contributed by atoms with Gasteiger partial charge in [-0.1, -0.05) is 0 Å². The molecule has 2 rings (SSSR count). The second-order valence-electron chi connectivity index (χ2n) is 3.64. The molecule has 1 atom stereocenters. The van der Waals surface area contributed by atoms with E-state index in [2.05, 4.69) is 29.5 Å². The Bertz CT molecular complexity index is 498. The first-order valence-corrected chi connectivity index (χ1v) is 6.09. The van der Waals surface area contributed by atoms with Crippen molar-refractivity contribution in [3.8, 4) is 5.75 Å². The number of rotatable bonds is 4. The number of ether oxygens (including phenoxy) is 1. The lowest BCUT2D eigenvalue weighted by atomic mass is 10.1. The highest BCUT2D eigenvalue weighted by Crippen LogP contribution is 2.31. The van der Waals surface area contributed by atoms with Crippen LogP contribution in [0, 0.1) is 6.92 Å². The number of hydrogen-bond donors (Lipinski definition) is 2. The quantitative estimate of drug-likeness (QED) is 0.643. The van der Waals surface area contributed by atoms with Crippen LogP contribution in [0.3, 0.4) is 0 Å². The molecule has 3 N–H and O–H groups in total. The van der Waals surface area contributed by atoms with E-state index in [4.69, 9.17) is 10.6 Å². The minimum Gasteiger partial charge on any atom is -0.495 e. The lowest BCUT2D eigenvalue weighted by Gasteiger charge is -2.16. The van der Waals surface area contributed by atoms with Gasteiger partial charge in [-0.05, 0) is 31.2 Å². The summed E-state index contributed by atoms with van der Waals surface area (Å²) in [4.78, 5) is 6.72. The summed E-state index contributed by atoms with van der Waals surface area (Å²) in [5.41, 5.74) is 3.60. The third-order valence-corrected chi connectivity index (χ3v) is 3.57. The van der Waals surface area contributed by atoms with E-state index in [-0.39, 0.29) is 6.04 Å². The second kappa shape index (κ2) is 5.27. The zero-order chi connectivity index (χ0) is 12.3. The Balaban J connectivity index is 2.41. The standard InChI is InChI=1S/C12H15N3OS/c1-8-5-6-10(17-8)12(15-13)11-9(16-2)4-3-7-14-11/h3-7,12,15H,13H2,1-2H3. The number of nitrogens with two attached hydrogens (primary N) is 1. The van der Waals surface area contributed by atoms with Crippen molar-refractivity contribution in [2.24, 2.45) is 5.84 Å². The molecule has 0 saturated carbocycles. The zero-order valence-electron chi connectivity index (χ0n) is 9.81. The van der Waals surface area contributed by atoms with Crippen molar-refractivity contribution in [2.45, 2.75) is 13.0 Å². The van der Waals surface area contributed by atoms with E-state index in [0.717, 1.165) is 16.3 Å². The number of hydrogen-bond acceptors (Lipinski definition) is 5. The zero-order valence-corrected chi connectivity index (χ0v) is 10.6. The molecule has 0 aliphatic rings. The molecule has 90 valence electrons. The van der Waals surface area contributed by atoms with Crippen molar-refractivity contribution in [1.82, 2.24) is 10.4 Å². The second-order valence-corrected chi connectivity index (χ2v) is 4.96. The van der Waals surface area contributed by atoms with Gasteiger partial charge in [0.05, 0.1) is 7.11 Å². The summed E-state index contributed by atoms with van der Waals surface area (Å²) >= 11 is 1.70. The molecule has 0 aliphatic heterocycles. The lowest BCUT2D eigenvalue weighted by Crippen LogP contribution is -2.29. The molecule has 4 nitrogen and oxygen atoms in total. The molecular weight excluding hydrogens is 234 g/mol. The fourth-order valence-electron chi connectivity index (χ4n) is 1.70. The third kappa shape index (κ3) is 2.46. The van der Waals surface area contributed by atoms with E-state index in [1.165, 1.54) is 4.88 Å². The van der Waals surface area contributed by atoms with Crippen LogP contribution in [-0.2, 0) is 0 Å². The highest BCUT2D eigenvalue weighted by Gasteiger charge is 2.19. The van der Waals surface area contributed by atoms with Crippen LogP contribution in [0.4, 0.5) is 0 Å². The maximum absolute atomic E-state index is 5.63. The fourth-order valence-corrected chi connectivity index (χ4v) is 2.64. The Morgan fingerprint density at radius 3 is 2.82 bits per heavy atom. The Morgan fingerprint density at radius 1 is 1.41 bits per heavy atom. The Morgan fingerprint density at radius 2 is 2.24 bits per heavy atom. The van der Waals surface area contributed by atoms with Crippen molar-refractivity contribution in [1.29, 1.82) is 0 Å². The van der Waals surface area contributed by atoms with Gasteiger partial charge in [-0.25, -0.2) is 5.43 Å². The topological polar surface area (TPSA) is 60.2 Å². The molecule has 0 fully saturated rings. The van der Waals surface area contributed by atoms with Crippen LogP contribution >= 0.6 is 11.3 Å². The van der Waals surface area contributed by atoms with Crippen molar-refractivity contribution >= 4 is 11.3 Å². The molecular formula is C12H15N3OS. The number of hydrazine groups is 1. The number of nitrogens with one attached hydrogen (secondary N) is 1. The average Bonchev–Trinajstić information content (AvgIpc) is 2.77. The Kier molecular flexibility index (Phi) is 3.73. The minimum atomic E-state index is -0.134. The summed E-state index contributed by atoms with van der Waals surface area (Å²) < 4.78 is 5.30. The predicted molar refractivity (Wildman–Crippen MR) is 69.0 cm³/mol. The first-order chi connectivity index (χ1) is 8.26. The molecule has 17 heavy (non-hydrogen) atoms. The van der Waals surface area contributed by atoms with Gasteiger partial charge in [-0.15, -0.1) is 11.3 Å². The number of methoxy groups -OCH3 is 1. The largest absolute Gasteiger partial charge is 0.495 e. The number of thiophene rings is 1. The molecule has 0 amide bonds. The molecule has 0 radical (unpaired) electrons. The SMILES string of the molecule is COc1cccnc1C(NN)c1ccc(C)s1. The smallest absolute Gasteiger partial charge is 0.142 e. The summed E-state index contributed by atoms with van der Waals surface area (Å²) in [6.45, 7) is 2.07. The third-order valence-electron chi connectivity index (χ3n) is 2.51. The molecule has 2 aromatic rings. The van der Waals surface area contributed by atoms with Crippen molar-refractivity contribution in [2.75, 3.05) is 7.11 Å². The van der Waals surface area contributed by atoms with Crippen LogP contribution in [0.25, 0.3) is 0 Å². The molecule has 2 heterocycles. The van der Waals surface area contributed by atoms with Crippen LogP contribution in [0.5, 0.6) is 5.75 Å². The summed E-state index contributed by atoms with van der Waals surface area (Å²) in [6.07, 6.45) is 1.74. The molecule has 0 bridgehead atoms. The van der Waals surface area contributed by atoms with Gasteiger partial charge >= 0.3 is 0 Å². The van der Waals surface area contributed by atoms with Gasteiger partial charge in [0.25, 0.3) is 0 Å². The molecule has 0 aliphatic carbocycles. The van der Waals surface area contributed by atoms with E-state index in [0.29, 0.717) is 0 Å². The Hall–Kier alpha value is -1.43. The molecule has 1 unspecified atom stereocenters. The van der Waals surface area contributed by atoms with Gasteiger partial charge in [0, 0.05) is 16.0 Å². The van der Waals surface area contributed by atoms with Crippen LogP contribution < -0.4 is 16.0 Å². The van der Waals surface area contributed by atoms with Crippen molar-refractivity contribution in [3.05, 3.63) is 45.9 Å². The van der Waals surface area contributed by atoms with Crippen LogP contribution in [-0.4, -0.2) is 12.1 Å². The van der Waals surface area contributed by atoms with Gasteiger partial charge < -0.3 is 4.74 Å². The van der Waals surface area contributed by atoms with Crippen molar-refractivity contribution < 1.29 is 4.74 Å². The maximum atomic E-state index is 5.63. The van der Waals surface area contributed by atoms with Crippen LogP contribution in [0.15, 0.2) is 30.5 Å². The van der Waals surface area contributed by atoms with E-state index in [9.17, 15) is 0 Å². The molecule has 2 aromatic heterocycles. The highest BCUT2D eigenvalue weighted by molar-refractivity contribution is 7.12. The monoisotopic (exact) mass is 249 g/mol. The number of nitrogens with zero attached hydrogens (tertiary/aromatic N) is 1. The highest BCUT2D eigenvalue weighted by atomic mass is 32.1. The first-order valence-electron chi connectivity index (χ1n) is 5.27. The molecule has 0 spiro atoms.